The van der Waals surface area contributed by atoms with Gasteiger partial charge in [-0.3, -0.25) is 4.90 Å². The number of aliphatic hydroxyl groups excluding tert-OH is 1. The van der Waals surface area contributed by atoms with E-state index >= 15 is 0 Å². The monoisotopic (exact) mass is 219 g/mol. The van der Waals surface area contributed by atoms with E-state index in [4.69, 9.17) is 5.11 Å². The Bertz CT molecular complexity index is 301. The lowest BCUT2D eigenvalue weighted by molar-refractivity contribution is 0.128. The minimum atomic E-state index is -2.79. The first-order valence-corrected chi connectivity index (χ1v) is 7.01. The highest BCUT2D eigenvalue weighted by Gasteiger charge is 2.37. The van der Waals surface area contributed by atoms with Gasteiger partial charge in [0.15, 0.2) is 9.84 Å². The second kappa shape index (κ2) is 3.79. The molecule has 0 amide bonds. The standard InChI is InChI=1S/C9H17NO3S/c11-6-8-2-1-4-10(8)9-3-5-14(12,13)7-9/h8-9,11H,1-7H2. The second-order valence-electron chi connectivity index (χ2n) is 4.27. The average molecular weight is 219 g/mol. The van der Waals surface area contributed by atoms with Gasteiger partial charge in [0, 0.05) is 12.1 Å². The lowest BCUT2D eigenvalue weighted by Gasteiger charge is -2.28. The Morgan fingerprint density at radius 3 is 2.71 bits per heavy atom. The SMILES string of the molecule is O=S1(=O)CCC(N2CCCC2CO)C1. The van der Waals surface area contributed by atoms with Crippen LogP contribution in [0.3, 0.4) is 0 Å². The van der Waals surface area contributed by atoms with Crippen LogP contribution in [0.15, 0.2) is 0 Å². The van der Waals surface area contributed by atoms with Crippen LogP contribution in [0.5, 0.6) is 0 Å². The molecule has 2 aliphatic rings. The maximum Gasteiger partial charge on any atom is 0.151 e. The minimum Gasteiger partial charge on any atom is -0.395 e. The fourth-order valence-corrected chi connectivity index (χ4v) is 4.31. The van der Waals surface area contributed by atoms with Gasteiger partial charge in [0.2, 0.25) is 0 Å². The van der Waals surface area contributed by atoms with Gasteiger partial charge in [-0.2, -0.15) is 0 Å². The summed E-state index contributed by atoms with van der Waals surface area (Å²) in [7, 11) is -2.79. The van der Waals surface area contributed by atoms with Crippen LogP contribution >= 0.6 is 0 Å². The summed E-state index contributed by atoms with van der Waals surface area (Å²) in [6.07, 6.45) is 2.84. The van der Waals surface area contributed by atoms with Crippen molar-refractivity contribution < 1.29 is 13.5 Å². The van der Waals surface area contributed by atoms with Crippen molar-refractivity contribution in [1.82, 2.24) is 4.90 Å². The highest BCUT2D eigenvalue weighted by molar-refractivity contribution is 7.91. The number of likely N-dealkylation sites (tertiary alicyclic amines) is 1. The molecule has 2 saturated heterocycles. The molecule has 0 radical (unpaired) electrons. The molecule has 0 aromatic heterocycles. The van der Waals surface area contributed by atoms with E-state index in [1.165, 1.54) is 0 Å². The van der Waals surface area contributed by atoms with Crippen molar-refractivity contribution in [3.63, 3.8) is 0 Å². The number of rotatable bonds is 2. The Morgan fingerprint density at radius 1 is 1.36 bits per heavy atom. The molecule has 2 fully saturated rings. The molecular weight excluding hydrogens is 202 g/mol. The van der Waals surface area contributed by atoms with Crippen LogP contribution in [0, 0.1) is 0 Å². The Morgan fingerprint density at radius 2 is 2.14 bits per heavy atom. The average Bonchev–Trinajstić information content (AvgIpc) is 2.70. The normalized spacial score (nSPS) is 37.8. The molecule has 0 aromatic carbocycles. The Kier molecular flexibility index (Phi) is 2.81. The topological polar surface area (TPSA) is 57.6 Å². The molecule has 4 nitrogen and oxygen atoms in total. The van der Waals surface area contributed by atoms with Gasteiger partial charge in [-0.1, -0.05) is 0 Å². The van der Waals surface area contributed by atoms with Crippen molar-refractivity contribution in [2.75, 3.05) is 24.7 Å². The van der Waals surface area contributed by atoms with E-state index in [0.717, 1.165) is 25.8 Å². The predicted molar refractivity (Wildman–Crippen MR) is 53.9 cm³/mol. The number of hydrogen-bond acceptors (Lipinski definition) is 4. The van der Waals surface area contributed by atoms with Gasteiger partial charge in [0.1, 0.15) is 0 Å². The molecule has 5 heteroatoms. The molecule has 0 bridgehead atoms. The zero-order chi connectivity index (χ0) is 10.2. The Hall–Kier alpha value is -0.130. The highest BCUT2D eigenvalue weighted by atomic mass is 32.2. The first-order chi connectivity index (χ1) is 6.62. The van der Waals surface area contributed by atoms with Gasteiger partial charge in [0.25, 0.3) is 0 Å². The summed E-state index contributed by atoms with van der Waals surface area (Å²) in [5, 5.41) is 9.14. The smallest absolute Gasteiger partial charge is 0.151 e. The van der Waals surface area contributed by atoms with E-state index in [1.807, 2.05) is 0 Å². The van der Waals surface area contributed by atoms with E-state index in [9.17, 15) is 8.42 Å². The molecule has 0 spiro atoms. The molecule has 82 valence electrons. The molecule has 0 aliphatic carbocycles. The molecule has 0 aromatic rings. The number of aliphatic hydroxyl groups is 1. The summed E-state index contributed by atoms with van der Waals surface area (Å²) >= 11 is 0. The van der Waals surface area contributed by atoms with Crippen molar-refractivity contribution in [3.8, 4) is 0 Å². The zero-order valence-electron chi connectivity index (χ0n) is 8.22. The molecule has 2 rings (SSSR count). The fourth-order valence-electron chi connectivity index (χ4n) is 2.57. The molecule has 2 atom stereocenters. The number of nitrogens with zero attached hydrogens (tertiary/aromatic N) is 1. The van der Waals surface area contributed by atoms with E-state index in [2.05, 4.69) is 4.90 Å². The summed E-state index contributed by atoms with van der Waals surface area (Å²) < 4.78 is 22.6. The lowest BCUT2D eigenvalue weighted by Crippen LogP contribution is -2.41. The van der Waals surface area contributed by atoms with E-state index in [1.54, 1.807) is 0 Å². The van der Waals surface area contributed by atoms with Crippen LogP contribution in [-0.2, 0) is 9.84 Å². The maximum atomic E-state index is 11.3. The van der Waals surface area contributed by atoms with Crippen molar-refractivity contribution in [2.45, 2.75) is 31.3 Å². The van der Waals surface area contributed by atoms with Crippen LogP contribution in [-0.4, -0.2) is 55.2 Å². The first-order valence-electron chi connectivity index (χ1n) is 5.19. The predicted octanol–water partition coefficient (Wildman–Crippen LogP) is -0.370. The summed E-state index contributed by atoms with van der Waals surface area (Å²) in [4.78, 5) is 2.19. The molecular formula is C9H17NO3S. The highest BCUT2D eigenvalue weighted by Crippen LogP contribution is 2.26. The minimum absolute atomic E-state index is 0.163. The number of hydrogen-bond donors (Lipinski definition) is 1. The van der Waals surface area contributed by atoms with Crippen molar-refractivity contribution in [3.05, 3.63) is 0 Å². The molecule has 14 heavy (non-hydrogen) atoms. The molecule has 0 saturated carbocycles. The van der Waals surface area contributed by atoms with Crippen molar-refractivity contribution >= 4 is 9.84 Å². The third-order valence-corrected chi connectivity index (χ3v) is 5.06. The van der Waals surface area contributed by atoms with Gasteiger partial charge < -0.3 is 5.11 Å². The summed E-state index contributed by atoms with van der Waals surface area (Å²) in [5.74, 6) is 0.621. The lowest BCUT2D eigenvalue weighted by atomic mass is 10.2. The van der Waals surface area contributed by atoms with E-state index in [-0.39, 0.29) is 18.7 Å². The number of sulfone groups is 1. The van der Waals surface area contributed by atoms with E-state index < -0.39 is 9.84 Å². The van der Waals surface area contributed by atoms with Gasteiger partial charge >= 0.3 is 0 Å². The quantitative estimate of drug-likeness (QED) is 0.688. The molecule has 2 aliphatic heterocycles. The van der Waals surface area contributed by atoms with Crippen LogP contribution in [0.4, 0.5) is 0 Å². The van der Waals surface area contributed by atoms with Crippen molar-refractivity contribution in [1.29, 1.82) is 0 Å². The van der Waals surface area contributed by atoms with Crippen LogP contribution in [0.2, 0.25) is 0 Å². The third kappa shape index (κ3) is 1.94. The van der Waals surface area contributed by atoms with Gasteiger partial charge in [0.05, 0.1) is 18.1 Å². The molecule has 1 N–H and O–H groups in total. The largest absolute Gasteiger partial charge is 0.395 e. The van der Waals surface area contributed by atoms with Gasteiger partial charge in [-0.25, -0.2) is 8.42 Å². The summed E-state index contributed by atoms with van der Waals surface area (Å²) in [6.45, 7) is 1.11. The van der Waals surface area contributed by atoms with Crippen LogP contribution in [0.25, 0.3) is 0 Å². The van der Waals surface area contributed by atoms with Crippen LogP contribution < -0.4 is 0 Å². The van der Waals surface area contributed by atoms with Gasteiger partial charge in [-0.15, -0.1) is 0 Å². The van der Waals surface area contributed by atoms with E-state index in [0.29, 0.717) is 11.5 Å². The first kappa shape index (κ1) is 10.4. The third-order valence-electron chi connectivity index (χ3n) is 3.31. The summed E-state index contributed by atoms with van der Waals surface area (Å²) in [6, 6.07) is 0.368. The molecule has 2 heterocycles. The second-order valence-corrected chi connectivity index (χ2v) is 6.50. The Labute approximate surface area is 84.8 Å². The Balaban J connectivity index is 2.02. The van der Waals surface area contributed by atoms with Crippen LogP contribution in [0.1, 0.15) is 19.3 Å². The van der Waals surface area contributed by atoms with Crippen molar-refractivity contribution in [2.24, 2.45) is 0 Å². The summed E-state index contributed by atoms with van der Waals surface area (Å²) in [5.41, 5.74) is 0. The van der Waals surface area contributed by atoms with Gasteiger partial charge in [-0.05, 0) is 25.8 Å². The maximum absolute atomic E-state index is 11.3. The molecule has 2 unspecified atom stereocenters. The zero-order valence-corrected chi connectivity index (χ0v) is 9.04. The fraction of sp³-hybridized carbons (Fsp3) is 1.00.